The van der Waals surface area contributed by atoms with Crippen LogP contribution in [-0.2, 0) is 6.54 Å². The first kappa shape index (κ1) is 15.9. The molecular weight excluding hydrogens is 236 g/mol. The van der Waals surface area contributed by atoms with E-state index in [1.54, 1.807) is 0 Å². The molecule has 0 unspecified atom stereocenters. The molecule has 0 saturated heterocycles. The fourth-order valence-electron chi connectivity index (χ4n) is 1.68. The summed E-state index contributed by atoms with van der Waals surface area (Å²) in [5.74, 6) is 1.59. The number of hydrogen-bond acceptors (Lipinski definition) is 4. The number of hydrogen-bond donors (Lipinski definition) is 1. The van der Waals surface area contributed by atoms with E-state index in [1.165, 1.54) is 0 Å². The molecule has 4 nitrogen and oxygen atoms in total. The zero-order valence-electron chi connectivity index (χ0n) is 13.2. The van der Waals surface area contributed by atoms with Gasteiger partial charge in [-0.05, 0) is 32.7 Å². The highest BCUT2D eigenvalue weighted by Crippen LogP contribution is 2.22. The molecule has 1 N–H and O–H groups in total. The number of anilines is 1. The third-order valence-electron chi connectivity index (χ3n) is 3.65. The first-order chi connectivity index (χ1) is 8.86. The van der Waals surface area contributed by atoms with Crippen LogP contribution in [-0.4, -0.2) is 29.1 Å². The molecule has 0 aromatic carbocycles. The zero-order valence-corrected chi connectivity index (χ0v) is 13.2. The highest BCUT2D eigenvalue weighted by atomic mass is 15.2. The Bertz CT molecular complexity index is 387. The van der Waals surface area contributed by atoms with Gasteiger partial charge in [-0.1, -0.05) is 20.8 Å². The van der Waals surface area contributed by atoms with Crippen molar-refractivity contribution in [3.05, 3.63) is 18.1 Å². The van der Waals surface area contributed by atoms with Crippen molar-refractivity contribution in [1.82, 2.24) is 15.3 Å². The van der Waals surface area contributed by atoms with Crippen LogP contribution in [0.5, 0.6) is 0 Å². The zero-order chi connectivity index (χ0) is 14.5. The number of rotatable bonds is 7. The molecule has 0 fully saturated rings. The second kappa shape index (κ2) is 6.85. The summed E-state index contributed by atoms with van der Waals surface area (Å²) < 4.78 is 0. The second-order valence-electron chi connectivity index (χ2n) is 6.12. The molecule has 1 heterocycles. The van der Waals surface area contributed by atoms with Crippen LogP contribution in [0.1, 0.15) is 46.7 Å². The molecule has 1 aromatic heterocycles. The van der Waals surface area contributed by atoms with E-state index >= 15 is 0 Å². The van der Waals surface area contributed by atoms with Gasteiger partial charge in [0.2, 0.25) is 0 Å². The normalized spacial score (nSPS) is 11.9. The van der Waals surface area contributed by atoms with Gasteiger partial charge in [-0.15, -0.1) is 0 Å². The Hall–Kier alpha value is -1.16. The molecule has 0 bridgehead atoms. The van der Waals surface area contributed by atoms with Gasteiger partial charge in [-0.3, -0.25) is 4.98 Å². The summed E-state index contributed by atoms with van der Waals surface area (Å²) in [6.07, 6.45) is 4.74. The summed E-state index contributed by atoms with van der Waals surface area (Å²) >= 11 is 0. The molecule has 1 rings (SSSR count). The molecule has 0 amide bonds. The molecule has 0 saturated carbocycles. The van der Waals surface area contributed by atoms with E-state index in [-0.39, 0.29) is 5.54 Å². The molecule has 4 heteroatoms. The lowest BCUT2D eigenvalue weighted by atomic mass is 10.0. The maximum atomic E-state index is 4.68. The lowest BCUT2D eigenvalue weighted by molar-refractivity contribution is 0.465. The number of nitrogens with one attached hydrogen (secondary N) is 1. The van der Waals surface area contributed by atoms with E-state index in [4.69, 9.17) is 0 Å². The first-order valence-electron chi connectivity index (χ1n) is 7.12. The Balaban J connectivity index is 2.71. The maximum Gasteiger partial charge on any atom is 0.147 e. The summed E-state index contributed by atoms with van der Waals surface area (Å²) in [5.41, 5.74) is 1.09. The standard InChI is InChI=1S/C15H28N4/c1-7-15(4,5)19(6)14-11-17-10-13(18-14)9-16-8-12(2)3/h10-12,16H,7-9H2,1-6H3. The lowest BCUT2D eigenvalue weighted by Crippen LogP contribution is -2.41. The highest BCUT2D eigenvalue weighted by Gasteiger charge is 2.22. The molecule has 0 aliphatic carbocycles. The fraction of sp³-hybridized carbons (Fsp3) is 0.733. The molecule has 108 valence electrons. The van der Waals surface area contributed by atoms with Gasteiger partial charge in [0.15, 0.2) is 0 Å². The van der Waals surface area contributed by atoms with Gasteiger partial charge in [0.05, 0.1) is 11.9 Å². The quantitative estimate of drug-likeness (QED) is 0.822. The molecule has 0 atom stereocenters. The van der Waals surface area contributed by atoms with Crippen molar-refractivity contribution >= 4 is 5.82 Å². The van der Waals surface area contributed by atoms with E-state index in [9.17, 15) is 0 Å². The van der Waals surface area contributed by atoms with Crippen molar-refractivity contribution in [3.63, 3.8) is 0 Å². The smallest absolute Gasteiger partial charge is 0.147 e. The third-order valence-corrected chi connectivity index (χ3v) is 3.65. The molecule has 0 aliphatic heterocycles. The van der Waals surface area contributed by atoms with E-state index in [0.717, 1.165) is 31.0 Å². The van der Waals surface area contributed by atoms with Crippen LogP contribution < -0.4 is 10.2 Å². The van der Waals surface area contributed by atoms with Crippen LogP contribution in [0.15, 0.2) is 12.4 Å². The fourth-order valence-corrected chi connectivity index (χ4v) is 1.68. The molecule has 0 radical (unpaired) electrons. The SMILES string of the molecule is CCC(C)(C)N(C)c1cncc(CNCC(C)C)n1. The number of aromatic nitrogens is 2. The highest BCUT2D eigenvalue weighted by molar-refractivity contribution is 5.38. The minimum Gasteiger partial charge on any atom is -0.353 e. The van der Waals surface area contributed by atoms with Crippen LogP contribution in [0.4, 0.5) is 5.82 Å². The van der Waals surface area contributed by atoms with Gasteiger partial charge in [-0.2, -0.15) is 0 Å². The summed E-state index contributed by atoms with van der Waals surface area (Å²) in [4.78, 5) is 11.2. The molecule has 19 heavy (non-hydrogen) atoms. The van der Waals surface area contributed by atoms with E-state index < -0.39 is 0 Å². The van der Waals surface area contributed by atoms with Gasteiger partial charge in [0.25, 0.3) is 0 Å². The summed E-state index contributed by atoms with van der Waals surface area (Å²) in [6.45, 7) is 12.8. The van der Waals surface area contributed by atoms with Gasteiger partial charge in [-0.25, -0.2) is 4.98 Å². The minimum atomic E-state index is 0.0959. The van der Waals surface area contributed by atoms with E-state index in [2.05, 4.69) is 61.9 Å². The Morgan fingerprint density at radius 2 is 2.00 bits per heavy atom. The molecule has 0 spiro atoms. The molecule has 0 aliphatic rings. The minimum absolute atomic E-state index is 0.0959. The van der Waals surface area contributed by atoms with Crippen molar-refractivity contribution in [3.8, 4) is 0 Å². The van der Waals surface area contributed by atoms with Crippen LogP contribution in [0.2, 0.25) is 0 Å². The van der Waals surface area contributed by atoms with E-state index in [0.29, 0.717) is 5.92 Å². The largest absolute Gasteiger partial charge is 0.353 e. The van der Waals surface area contributed by atoms with Gasteiger partial charge in [0.1, 0.15) is 5.82 Å². The Morgan fingerprint density at radius 3 is 2.58 bits per heavy atom. The Morgan fingerprint density at radius 1 is 1.32 bits per heavy atom. The van der Waals surface area contributed by atoms with Crippen molar-refractivity contribution in [2.45, 2.75) is 53.1 Å². The predicted octanol–water partition coefficient (Wildman–Crippen LogP) is 2.85. The summed E-state index contributed by atoms with van der Waals surface area (Å²) in [5, 5.41) is 3.40. The summed E-state index contributed by atoms with van der Waals surface area (Å²) in [6, 6.07) is 0. The van der Waals surface area contributed by atoms with Gasteiger partial charge in [0, 0.05) is 25.3 Å². The van der Waals surface area contributed by atoms with Crippen LogP contribution in [0.3, 0.4) is 0 Å². The Kier molecular flexibility index (Phi) is 5.73. The topological polar surface area (TPSA) is 41.1 Å². The first-order valence-corrected chi connectivity index (χ1v) is 7.12. The average molecular weight is 264 g/mol. The van der Waals surface area contributed by atoms with E-state index in [1.807, 2.05) is 12.4 Å². The van der Waals surface area contributed by atoms with Crippen molar-refractivity contribution in [1.29, 1.82) is 0 Å². The van der Waals surface area contributed by atoms with Crippen molar-refractivity contribution in [2.24, 2.45) is 5.92 Å². The van der Waals surface area contributed by atoms with Crippen molar-refractivity contribution < 1.29 is 0 Å². The predicted molar refractivity (Wildman–Crippen MR) is 81.3 cm³/mol. The van der Waals surface area contributed by atoms with Crippen LogP contribution in [0.25, 0.3) is 0 Å². The number of nitrogens with zero attached hydrogens (tertiary/aromatic N) is 3. The van der Waals surface area contributed by atoms with Gasteiger partial charge >= 0.3 is 0 Å². The molecule has 1 aromatic rings. The molecular formula is C15H28N4. The third kappa shape index (κ3) is 4.78. The van der Waals surface area contributed by atoms with Gasteiger partial charge < -0.3 is 10.2 Å². The average Bonchev–Trinajstić information content (AvgIpc) is 2.37. The lowest BCUT2D eigenvalue weighted by Gasteiger charge is -2.35. The summed E-state index contributed by atoms with van der Waals surface area (Å²) in [7, 11) is 2.08. The monoisotopic (exact) mass is 264 g/mol. The second-order valence-corrected chi connectivity index (χ2v) is 6.12. The van der Waals surface area contributed by atoms with Crippen molar-refractivity contribution in [2.75, 3.05) is 18.5 Å². The van der Waals surface area contributed by atoms with Crippen LogP contribution >= 0.6 is 0 Å². The van der Waals surface area contributed by atoms with Crippen LogP contribution in [0, 0.1) is 5.92 Å². The maximum absolute atomic E-state index is 4.68. The Labute approximate surface area is 117 Å².